The molecule has 3 heterocycles. The number of hydrogen-bond acceptors (Lipinski definition) is 4. The third-order valence-electron chi connectivity index (χ3n) is 5.39. The van der Waals surface area contributed by atoms with Gasteiger partial charge >= 0.3 is 0 Å². The number of ether oxygens (including phenoxy) is 3. The van der Waals surface area contributed by atoms with Crippen LogP contribution in [-0.4, -0.2) is 28.6 Å². The summed E-state index contributed by atoms with van der Waals surface area (Å²) in [6.07, 6.45) is 3.48. The molecule has 0 saturated carbocycles. The van der Waals surface area contributed by atoms with Crippen molar-refractivity contribution >= 4 is 0 Å². The highest BCUT2D eigenvalue weighted by Gasteiger charge is 2.50. The second-order valence-electron chi connectivity index (χ2n) is 7.08. The van der Waals surface area contributed by atoms with Crippen molar-refractivity contribution < 1.29 is 14.2 Å². The Hall–Kier alpha value is -2.47. The van der Waals surface area contributed by atoms with Gasteiger partial charge in [0.05, 0.1) is 44.2 Å². The molecule has 1 saturated heterocycles. The Kier molecular flexibility index (Phi) is 4.49. The van der Waals surface area contributed by atoms with Crippen LogP contribution < -0.4 is 0 Å². The molecule has 0 amide bonds. The van der Waals surface area contributed by atoms with Gasteiger partial charge in [-0.2, -0.15) is 0 Å². The van der Waals surface area contributed by atoms with Crippen LogP contribution in [0.25, 0.3) is 0 Å². The van der Waals surface area contributed by atoms with E-state index < -0.39 is 0 Å². The largest absolute Gasteiger partial charge is 0.370 e. The molecule has 27 heavy (non-hydrogen) atoms. The predicted octanol–water partition coefficient (Wildman–Crippen LogP) is 3.68. The molecule has 2 bridgehead atoms. The maximum atomic E-state index is 6.37. The van der Waals surface area contributed by atoms with Crippen LogP contribution in [0.3, 0.4) is 0 Å². The van der Waals surface area contributed by atoms with Crippen molar-refractivity contribution in [2.75, 3.05) is 6.61 Å². The summed E-state index contributed by atoms with van der Waals surface area (Å²) in [5, 5.41) is 0. The highest BCUT2D eigenvalue weighted by molar-refractivity contribution is 5.22. The first-order chi connectivity index (χ1) is 13.4. The van der Waals surface area contributed by atoms with Crippen LogP contribution in [0.4, 0.5) is 0 Å². The molecule has 2 aliphatic heterocycles. The Balaban J connectivity index is 1.33. The summed E-state index contributed by atoms with van der Waals surface area (Å²) in [7, 11) is 0. The molecule has 5 nitrogen and oxygen atoms in total. The van der Waals surface area contributed by atoms with Gasteiger partial charge in [0.25, 0.3) is 0 Å². The van der Waals surface area contributed by atoms with E-state index in [-0.39, 0.29) is 24.4 Å². The lowest BCUT2D eigenvalue weighted by Crippen LogP contribution is -2.41. The molecule has 3 aromatic rings. The summed E-state index contributed by atoms with van der Waals surface area (Å²) in [6.45, 7) is 1.67. The minimum atomic E-state index is -0.333. The van der Waals surface area contributed by atoms with Crippen molar-refractivity contribution in [3.63, 3.8) is 0 Å². The molecule has 1 aromatic heterocycles. The highest BCUT2D eigenvalue weighted by atomic mass is 16.7. The molecule has 5 rings (SSSR count). The first-order valence-electron chi connectivity index (χ1n) is 9.34. The highest BCUT2D eigenvalue weighted by Crippen LogP contribution is 2.46. The molecular formula is C22H22N2O3. The molecule has 1 fully saturated rings. The summed E-state index contributed by atoms with van der Waals surface area (Å²) in [6, 6.07) is 20.6. The Morgan fingerprint density at radius 3 is 2.30 bits per heavy atom. The van der Waals surface area contributed by atoms with Crippen LogP contribution in [0.2, 0.25) is 0 Å². The number of aromatic nitrogens is 2. The lowest BCUT2D eigenvalue weighted by Gasteiger charge is -2.35. The number of fused-ring (bicyclic) bond motifs is 5. The zero-order valence-corrected chi connectivity index (χ0v) is 15.0. The van der Waals surface area contributed by atoms with Gasteiger partial charge in [0.15, 0.2) is 6.29 Å². The molecule has 0 N–H and O–H groups in total. The minimum Gasteiger partial charge on any atom is -0.370 e. The Morgan fingerprint density at radius 2 is 1.59 bits per heavy atom. The lowest BCUT2D eigenvalue weighted by atomic mass is 9.95. The number of rotatable bonds is 6. The van der Waals surface area contributed by atoms with Gasteiger partial charge in [-0.3, -0.25) is 0 Å². The number of imidazole rings is 1. The quantitative estimate of drug-likeness (QED) is 0.671. The van der Waals surface area contributed by atoms with E-state index in [0.29, 0.717) is 19.8 Å². The first kappa shape index (κ1) is 16.7. The van der Waals surface area contributed by atoms with E-state index in [2.05, 4.69) is 33.8 Å². The standard InChI is InChI=1S/C22H22N2O3/c1-3-7-16(8-4-1)12-25-21-19-14-27-22(20(21)18-11-23-15-24(18)19)26-13-17-9-5-2-6-10-17/h1-11,15,19-22H,12-14H2/t19-,20-,21-,22-/m1/s1. The summed E-state index contributed by atoms with van der Waals surface area (Å²) < 4.78 is 20.8. The van der Waals surface area contributed by atoms with E-state index in [0.717, 1.165) is 11.3 Å². The number of hydrogen-bond donors (Lipinski definition) is 0. The van der Waals surface area contributed by atoms with Gasteiger partial charge in [-0.1, -0.05) is 60.7 Å². The van der Waals surface area contributed by atoms with Crippen molar-refractivity contribution in [1.29, 1.82) is 0 Å². The third kappa shape index (κ3) is 3.18. The molecule has 2 aromatic carbocycles. The molecule has 0 aliphatic carbocycles. The van der Waals surface area contributed by atoms with Gasteiger partial charge in [0.1, 0.15) is 0 Å². The molecule has 0 unspecified atom stereocenters. The van der Waals surface area contributed by atoms with Crippen LogP contribution >= 0.6 is 0 Å². The zero-order chi connectivity index (χ0) is 18.1. The van der Waals surface area contributed by atoms with E-state index in [4.69, 9.17) is 14.2 Å². The fourth-order valence-corrected chi connectivity index (χ4v) is 4.07. The normalized spacial score (nSPS) is 26.1. The second-order valence-corrected chi connectivity index (χ2v) is 7.08. The van der Waals surface area contributed by atoms with Gasteiger partial charge < -0.3 is 18.8 Å². The lowest BCUT2D eigenvalue weighted by molar-refractivity contribution is -0.217. The SMILES string of the molecule is c1ccc(CO[C@@H]2OC[C@@H]3[C@@H](OCc4ccccc4)[C@H]2c2cncn23)cc1. The van der Waals surface area contributed by atoms with Gasteiger partial charge in [-0.25, -0.2) is 4.98 Å². The second kappa shape index (κ2) is 7.27. The van der Waals surface area contributed by atoms with Gasteiger partial charge in [0, 0.05) is 11.9 Å². The van der Waals surface area contributed by atoms with Crippen LogP contribution in [0.15, 0.2) is 73.2 Å². The van der Waals surface area contributed by atoms with Crippen molar-refractivity contribution in [2.45, 2.75) is 37.6 Å². The molecule has 0 spiro atoms. The molecule has 0 radical (unpaired) electrons. The monoisotopic (exact) mass is 362 g/mol. The average molecular weight is 362 g/mol. The first-order valence-corrected chi connectivity index (χ1v) is 9.34. The van der Waals surface area contributed by atoms with E-state index in [1.165, 1.54) is 5.56 Å². The summed E-state index contributed by atoms with van der Waals surface area (Å²) in [4.78, 5) is 4.33. The zero-order valence-electron chi connectivity index (χ0n) is 15.0. The van der Waals surface area contributed by atoms with Crippen LogP contribution in [0.1, 0.15) is 28.8 Å². The predicted molar refractivity (Wildman–Crippen MR) is 100.0 cm³/mol. The average Bonchev–Trinajstić information content (AvgIpc) is 3.27. The fraction of sp³-hybridized carbons (Fsp3) is 0.318. The fourth-order valence-electron chi connectivity index (χ4n) is 4.07. The van der Waals surface area contributed by atoms with Crippen molar-refractivity contribution in [2.24, 2.45) is 0 Å². The molecule has 138 valence electrons. The van der Waals surface area contributed by atoms with E-state index in [1.807, 2.05) is 48.9 Å². The van der Waals surface area contributed by atoms with E-state index in [9.17, 15) is 0 Å². The van der Waals surface area contributed by atoms with Crippen LogP contribution in [-0.2, 0) is 27.4 Å². The van der Waals surface area contributed by atoms with Crippen molar-refractivity contribution in [1.82, 2.24) is 9.55 Å². The molecular weight excluding hydrogens is 340 g/mol. The maximum absolute atomic E-state index is 6.37. The number of benzene rings is 2. The van der Waals surface area contributed by atoms with Crippen LogP contribution in [0.5, 0.6) is 0 Å². The van der Waals surface area contributed by atoms with Crippen molar-refractivity contribution in [3.8, 4) is 0 Å². The van der Waals surface area contributed by atoms with Gasteiger partial charge in [0.2, 0.25) is 0 Å². The molecule has 4 atom stereocenters. The van der Waals surface area contributed by atoms with E-state index in [1.54, 1.807) is 0 Å². The van der Waals surface area contributed by atoms with Crippen molar-refractivity contribution in [3.05, 3.63) is 90.0 Å². The summed E-state index contributed by atoms with van der Waals surface area (Å²) in [5.74, 6) is 0.0266. The molecule has 5 heteroatoms. The van der Waals surface area contributed by atoms with E-state index >= 15 is 0 Å². The smallest absolute Gasteiger partial charge is 0.169 e. The Labute approximate surface area is 158 Å². The maximum Gasteiger partial charge on any atom is 0.169 e. The summed E-state index contributed by atoms with van der Waals surface area (Å²) >= 11 is 0. The minimum absolute atomic E-state index is 0.0257. The third-order valence-corrected chi connectivity index (χ3v) is 5.39. The van der Waals surface area contributed by atoms with Crippen LogP contribution in [0, 0.1) is 0 Å². The Bertz CT molecular complexity index is 881. The topological polar surface area (TPSA) is 45.5 Å². The van der Waals surface area contributed by atoms with Gasteiger partial charge in [-0.15, -0.1) is 0 Å². The number of nitrogens with zero attached hydrogens (tertiary/aromatic N) is 2. The molecule has 2 aliphatic rings. The summed E-state index contributed by atoms with van der Waals surface area (Å²) in [5.41, 5.74) is 3.44. The van der Waals surface area contributed by atoms with Gasteiger partial charge in [-0.05, 0) is 11.1 Å². The Morgan fingerprint density at radius 1 is 0.926 bits per heavy atom.